The molecule has 0 spiro atoms. The number of anilines is 1. The van der Waals surface area contributed by atoms with Gasteiger partial charge in [-0.1, -0.05) is 29.8 Å². The number of nitriles is 1. The summed E-state index contributed by atoms with van der Waals surface area (Å²) in [5.41, 5.74) is 10.5. The number of aliphatic hydroxyl groups excluding tert-OH is 1. The average Bonchev–Trinajstić information content (AvgIpc) is 3.05. The van der Waals surface area contributed by atoms with E-state index in [4.69, 9.17) is 10.8 Å². The molecule has 2 aromatic rings. The van der Waals surface area contributed by atoms with Crippen molar-refractivity contribution in [2.24, 2.45) is 11.1 Å². The van der Waals surface area contributed by atoms with E-state index >= 15 is 0 Å². The summed E-state index contributed by atoms with van der Waals surface area (Å²) in [5.74, 6) is 0.124. The third-order valence-corrected chi connectivity index (χ3v) is 7.37. The number of hydrogen-bond donors (Lipinski definition) is 2. The van der Waals surface area contributed by atoms with Gasteiger partial charge in [0.05, 0.1) is 17.6 Å². The molecule has 4 rings (SSSR count). The smallest absolute Gasteiger partial charge is 0.162 e. The Kier molecular flexibility index (Phi) is 7.52. The second kappa shape index (κ2) is 9.84. The van der Waals surface area contributed by atoms with Crippen molar-refractivity contribution in [1.82, 2.24) is 0 Å². The number of aliphatic hydroxyl groups is 1. The molecule has 1 unspecified atom stereocenters. The summed E-state index contributed by atoms with van der Waals surface area (Å²) >= 11 is 5.17. The van der Waals surface area contributed by atoms with Crippen LogP contribution in [0.4, 0.5) is 5.69 Å². The normalized spacial score (nSPS) is 19.6. The SMILES string of the molecule is CCO.Cc1cc(C2C(C#N)=C(N)N(c3ccc(Br)cc3)C3=C2C(=O)CC(C)(C)C3)c(C)s1. The first kappa shape index (κ1) is 25.2. The molecule has 5 nitrogen and oxygen atoms in total. The molecule has 1 aromatic heterocycles. The van der Waals surface area contributed by atoms with E-state index in [1.807, 2.05) is 29.2 Å². The first-order valence-corrected chi connectivity index (χ1v) is 12.5. The fourth-order valence-corrected chi connectivity index (χ4v) is 5.87. The van der Waals surface area contributed by atoms with Gasteiger partial charge in [-0.05, 0) is 68.5 Å². The van der Waals surface area contributed by atoms with Gasteiger partial charge in [-0.25, -0.2) is 0 Å². The highest BCUT2D eigenvalue weighted by Gasteiger charge is 2.45. The Balaban J connectivity index is 0.000000968. The lowest BCUT2D eigenvalue weighted by Crippen LogP contribution is -2.42. The molecule has 2 aliphatic rings. The zero-order valence-corrected chi connectivity index (χ0v) is 22.1. The monoisotopic (exact) mass is 527 g/mol. The second-order valence-electron chi connectivity index (χ2n) is 9.14. The second-order valence-corrected chi connectivity index (χ2v) is 11.5. The number of nitrogens with zero attached hydrogens (tertiary/aromatic N) is 2. The van der Waals surface area contributed by atoms with Gasteiger partial charge in [0.15, 0.2) is 5.78 Å². The summed E-state index contributed by atoms with van der Waals surface area (Å²) in [4.78, 5) is 17.7. The Morgan fingerprint density at radius 1 is 1.27 bits per heavy atom. The molecule has 0 saturated heterocycles. The van der Waals surface area contributed by atoms with Crippen LogP contribution in [-0.2, 0) is 4.79 Å². The molecule has 3 N–H and O–H groups in total. The van der Waals surface area contributed by atoms with E-state index in [2.05, 4.69) is 55.8 Å². The van der Waals surface area contributed by atoms with Crippen LogP contribution in [0.2, 0.25) is 0 Å². The number of ketones is 1. The van der Waals surface area contributed by atoms with Gasteiger partial charge in [-0.2, -0.15) is 5.26 Å². The number of carbonyl (C=O) groups is 1. The Hall–Kier alpha value is -2.40. The van der Waals surface area contributed by atoms with Gasteiger partial charge < -0.3 is 10.8 Å². The molecule has 0 radical (unpaired) electrons. The minimum absolute atomic E-state index is 0.108. The van der Waals surface area contributed by atoms with Crippen molar-refractivity contribution >= 4 is 38.7 Å². The van der Waals surface area contributed by atoms with Crippen LogP contribution in [0, 0.1) is 30.6 Å². The van der Waals surface area contributed by atoms with Gasteiger partial charge in [0.1, 0.15) is 5.82 Å². The minimum atomic E-state index is -0.398. The number of hydrogen-bond acceptors (Lipinski definition) is 6. The van der Waals surface area contributed by atoms with Gasteiger partial charge in [0, 0.05) is 44.2 Å². The topological polar surface area (TPSA) is 90.3 Å². The van der Waals surface area contributed by atoms with Crippen LogP contribution in [-0.4, -0.2) is 17.5 Å². The predicted molar refractivity (Wildman–Crippen MR) is 138 cm³/mol. The van der Waals surface area contributed by atoms with E-state index in [1.165, 1.54) is 4.88 Å². The lowest BCUT2D eigenvalue weighted by atomic mass is 9.68. The summed E-state index contributed by atoms with van der Waals surface area (Å²) < 4.78 is 0.961. The van der Waals surface area contributed by atoms with Crippen LogP contribution in [0.25, 0.3) is 0 Å². The zero-order chi connectivity index (χ0) is 24.5. The molecule has 174 valence electrons. The lowest BCUT2D eigenvalue weighted by molar-refractivity contribution is -0.118. The number of thiophene rings is 1. The Labute approximate surface area is 208 Å². The van der Waals surface area contributed by atoms with E-state index in [9.17, 15) is 10.1 Å². The van der Waals surface area contributed by atoms with Crippen LogP contribution >= 0.6 is 27.3 Å². The quantitative estimate of drug-likeness (QED) is 0.494. The molecule has 33 heavy (non-hydrogen) atoms. The fourth-order valence-electron chi connectivity index (χ4n) is 4.64. The molecule has 1 aliphatic carbocycles. The molecule has 0 saturated carbocycles. The minimum Gasteiger partial charge on any atom is -0.397 e. The lowest BCUT2D eigenvalue weighted by Gasteiger charge is -2.43. The van der Waals surface area contributed by atoms with E-state index < -0.39 is 5.92 Å². The molecule has 7 heteroatoms. The van der Waals surface area contributed by atoms with E-state index in [0.29, 0.717) is 17.8 Å². The summed E-state index contributed by atoms with van der Waals surface area (Å²) in [7, 11) is 0. The molecule has 1 aliphatic heterocycles. The molecule has 1 atom stereocenters. The zero-order valence-electron chi connectivity index (χ0n) is 19.7. The van der Waals surface area contributed by atoms with Crippen molar-refractivity contribution in [2.75, 3.05) is 11.5 Å². The molecular weight excluding hydrogens is 498 g/mol. The van der Waals surface area contributed by atoms with Gasteiger partial charge in [-0.15, -0.1) is 11.3 Å². The first-order valence-electron chi connectivity index (χ1n) is 10.9. The highest BCUT2D eigenvalue weighted by atomic mass is 79.9. The molecule has 0 fully saturated rings. The summed E-state index contributed by atoms with van der Waals surface area (Å²) in [6.45, 7) is 10.3. The Bertz CT molecular complexity index is 1170. The molecule has 2 heterocycles. The number of halogens is 1. The Morgan fingerprint density at radius 3 is 2.39 bits per heavy atom. The van der Waals surface area contributed by atoms with E-state index in [0.717, 1.165) is 38.3 Å². The highest BCUT2D eigenvalue weighted by molar-refractivity contribution is 9.10. The molecule has 1 aromatic carbocycles. The Morgan fingerprint density at radius 2 is 1.88 bits per heavy atom. The molecule has 0 amide bonds. The van der Waals surface area contributed by atoms with Gasteiger partial charge in [-0.3, -0.25) is 9.69 Å². The number of carbonyl (C=O) groups excluding carboxylic acids is 1. The van der Waals surface area contributed by atoms with Crippen molar-refractivity contribution in [3.05, 3.63) is 72.8 Å². The third kappa shape index (κ3) is 4.93. The van der Waals surface area contributed by atoms with Gasteiger partial charge in [0.2, 0.25) is 0 Å². The average molecular weight is 529 g/mol. The summed E-state index contributed by atoms with van der Waals surface area (Å²) in [5, 5.41) is 17.7. The number of allylic oxidation sites excluding steroid dienone is 3. The van der Waals surface area contributed by atoms with E-state index in [1.54, 1.807) is 18.3 Å². The van der Waals surface area contributed by atoms with Gasteiger partial charge in [0.25, 0.3) is 0 Å². The summed E-state index contributed by atoms with van der Waals surface area (Å²) in [6, 6.07) is 12.3. The van der Waals surface area contributed by atoms with Crippen LogP contribution in [0.1, 0.15) is 54.8 Å². The molecule has 0 bridgehead atoms. The van der Waals surface area contributed by atoms with Crippen LogP contribution in [0.15, 0.2) is 57.5 Å². The van der Waals surface area contributed by atoms with Crippen molar-refractivity contribution in [3.63, 3.8) is 0 Å². The number of nitrogens with two attached hydrogens (primary N) is 1. The van der Waals surface area contributed by atoms with Crippen molar-refractivity contribution in [1.29, 1.82) is 5.26 Å². The van der Waals surface area contributed by atoms with Crippen molar-refractivity contribution in [3.8, 4) is 6.07 Å². The van der Waals surface area contributed by atoms with Crippen LogP contribution < -0.4 is 10.6 Å². The van der Waals surface area contributed by atoms with Crippen LogP contribution in [0.3, 0.4) is 0 Å². The standard InChI is InChI=1S/C24H24BrN3OS.C2H6O/c1-13-9-17(14(2)30-13)21-18(12-26)23(27)28(16-7-5-15(25)6-8-16)19-10-24(3,4)11-20(29)22(19)21;1-2-3/h5-9,21H,10-11,27H2,1-4H3;3H,2H2,1H3. The largest absolute Gasteiger partial charge is 0.397 e. The number of aryl methyl sites for hydroxylation is 2. The van der Waals surface area contributed by atoms with E-state index in [-0.39, 0.29) is 17.8 Å². The predicted octanol–water partition coefficient (Wildman–Crippen LogP) is 6.07. The first-order chi connectivity index (χ1) is 15.5. The summed E-state index contributed by atoms with van der Waals surface area (Å²) in [6.07, 6.45) is 1.19. The van der Waals surface area contributed by atoms with Crippen LogP contribution in [0.5, 0.6) is 0 Å². The highest BCUT2D eigenvalue weighted by Crippen LogP contribution is 2.51. The van der Waals surface area contributed by atoms with Crippen molar-refractivity contribution in [2.45, 2.75) is 53.4 Å². The third-order valence-electron chi connectivity index (χ3n) is 5.86. The number of benzene rings is 1. The number of rotatable bonds is 2. The molecular formula is C26H30BrN3O2S. The maximum Gasteiger partial charge on any atom is 0.162 e. The fraction of sp³-hybridized carbons (Fsp3) is 0.385. The van der Waals surface area contributed by atoms with Crippen molar-refractivity contribution < 1.29 is 9.90 Å². The maximum absolute atomic E-state index is 13.5. The van der Waals surface area contributed by atoms with Gasteiger partial charge >= 0.3 is 0 Å². The number of Topliss-reactive ketones (excluding diaryl/α,β-unsaturated/α-hetero) is 1. The maximum atomic E-state index is 13.5.